The van der Waals surface area contributed by atoms with Gasteiger partial charge in [-0.05, 0) is 35.6 Å². The lowest BCUT2D eigenvalue weighted by Gasteiger charge is -2.26. The number of benzene rings is 2. The molecule has 1 aliphatic heterocycles. The Hall–Kier alpha value is -1.76. The zero-order valence-electron chi connectivity index (χ0n) is 12.2. The number of anilines is 1. The minimum absolute atomic E-state index is 1.01. The fourth-order valence-electron chi connectivity index (χ4n) is 2.66. The molecule has 2 aromatic rings. The molecular weight excluding hydrogens is 230 g/mol. The molecule has 0 unspecified atom stereocenters. The molecule has 1 nitrogen and oxygen atoms in total. The molecule has 0 aromatic heterocycles. The molecule has 0 aliphatic carbocycles. The number of fused-ring (bicyclic) bond motifs is 2. The number of nitrogens with zero attached hydrogens (tertiary/aromatic N) is 1. The predicted molar refractivity (Wildman–Crippen MR) is 83.7 cm³/mol. The van der Waals surface area contributed by atoms with E-state index in [9.17, 15) is 0 Å². The van der Waals surface area contributed by atoms with Crippen LogP contribution in [-0.4, -0.2) is 7.05 Å². The average molecular weight is 253 g/mol. The van der Waals surface area contributed by atoms with Crippen LogP contribution in [0.4, 0.5) is 5.69 Å². The zero-order valence-corrected chi connectivity index (χ0v) is 12.2. The topological polar surface area (TPSA) is 3.24 Å². The standard InChI is InChI=1S/C16H17N.C2H6/c1-17-12-15-8-3-2-6-13(15)10-11-14-7-4-5-9-16(14)17;1-2/h2-9H,10-12H2,1H3;1-2H3. The Morgan fingerprint density at radius 1 is 0.737 bits per heavy atom. The van der Waals surface area contributed by atoms with E-state index in [4.69, 9.17) is 0 Å². The SMILES string of the molecule is CC.CN1Cc2ccccc2CCc2ccccc21. The van der Waals surface area contributed by atoms with Gasteiger partial charge < -0.3 is 4.90 Å². The highest BCUT2D eigenvalue weighted by Gasteiger charge is 2.13. The molecule has 0 amide bonds. The van der Waals surface area contributed by atoms with Gasteiger partial charge in [0.25, 0.3) is 0 Å². The van der Waals surface area contributed by atoms with Gasteiger partial charge in [-0.15, -0.1) is 0 Å². The van der Waals surface area contributed by atoms with Crippen LogP contribution in [0.25, 0.3) is 0 Å². The molecule has 0 fully saturated rings. The fourth-order valence-corrected chi connectivity index (χ4v) is 2.66. The monoisotopic (exact) mass is 253 g/mol. The van der Waals surface area contributed by atoms with E-state index < -0.39 is 0 Å². The first kappa shape index (κ1) is 13.7. The molecule has 1 heteroatoms. The van der Waals surface area contributed by atoms with Crippen LogP contribution in [0, 0.1) is 0 Å². The van der Waals surface area contributed by atoms with Crippen LogP contribution in [0.3, 0.4) is 0 Å². The van der Waals surface area contributed by atoms with Gasteiger partial charge in [0.15, 0.2) is 0 Å². The van der Waals surface area contributed by atoms with E-state index in [0.717, 1.165) is 19.4 Å². The predicted octanol–water partition coefficient (Wildman–Crippen LogP) is 4.45. The Balaban J connectivity index is 0.000000637. The molecular formula is C18H23N. The number of rotatable bonds is 0. The molecule has 0 bridgehead atoms. The van der Waals surface area contributed by atoms with Crippen LogP contribution >= 0.6 is 0 Å². The second-order valence-electron chi connectivity index (χ2n) is 4.75. The van der Waals surface area contributed by atoms with Crippen molar-refractivity contribution >= 4 is 5.69 Å². The normalized spacial score (nSPS) is 13.3. The highest BCUT2D eigenvalue weighted by molar-refractivity contribution is 5.55. The average Bonchev–Trinajstić information content (AvgIpc) is 2.47. The maximum Gasteiger partial charge on any atom is 0.0429 e. The number of hydrogen-bond donors (Lipinski definition) is 0. The summed E-state index contributed by atoms with van der Waals surface area (Å²) in [5.74, 6) is 0. The zero-order chi connectivity index (χ0) is 13.7. The fraction of sp³-hybridized carbons (Fsp3) is 0.333. The van der Waals surface area contributed by atoms with Gasteiger partial charge in [0.2, 0.25) is 0 Å². The van der Waals surface area contributed by atoms with Crippen LogP contribution in [0.15, 0.2) is 48.5 Å². The summed E-state index contributed by atoms with van der Waals surface area (Å²) in [5.41, 5.74) is 5.80. The third-order valence-corrected chi connectivity index (χ3v) is 3.59. The van der Waals surface area contributed by atoms with E-state index >= 15 is 0 Å². The first-order valence-electron chi connectivity index (χ1n) is 7.20. The van der Waals surface area contributed by atoms with Gasteiger partial charge in [-0.3, -0.25) is 0 Å². The van der Waals surface area contributed by atoms with Crippen LogP contribution < -0.4 is 4.90 Å². The molecule has 0 atom stereocenters. The highest BCUT2D eigenvalue weighted by Crippen LogP contribution is 2.26. The van der Waals surface area contributed by atoms with Gasteiger partial charge in [-0.1, -0.05) is 56.3 Å². The van der Waals surface area contributed by atoms with E-state index in [0.29, 0.717) is 0 Å². The van der Waals surface area contributed by atoms with Crippen molar-refractivity contribution < 1.29 is 0 Å². The Bertz CT molecular complexity index is 531. The first-order chi connectivity index (χ1) is 9.34. The second-order valence-corrected chi connectivity index (χ2v) is 4.75. The number of hydrogen-bond acceptors (Lipinski definition) is 1. The summed E-state index contributed by atoms with van der Waals surface area (Å²) in [6.07, 6.45) is 2.29. The van der Waals surface area contributed by atoms with Crippen molar-refractivity contribution in [3.8, 4) is 0 Å². The van der Waals surface area contributed by atoms with Crippen molar-refractivity contribution in [2.24, 2.45) is 0 Å². The van der Waals surface area contributed by atoms with Crippen molar-refractivity contribution in [3.05, 3.63) is 65.2 Å². The van der Waals surface area contributed by atoms with Crippen molar-refractivity contribution in [1.82, 2.24) is 0 Å². The summed E-state index contributed by atoms with van der Waals surface area (Å²) in [6, 6.07) is 17.5. The van der Waals surface area contributed by atoms with Gasteiger partial charge >= 0.3 is 0 Å². The van der Waals surface area contributed by atoms with Crippen molar-refractivity contribution in [2.75, 3.05) is 11.9 Å². The van der Waals surface area contributed by atoms with E-state index in [1.54, 1.807) is 0 Å². The summed E-state index contributed by atoms with van der Waals surface area (Å²) in [5, 5.41) is 0. The molecule has 0 radical (unpaired) electrons. The molecule has 3 rings (SSSR count). The molecule has 0 saturated carbocycles. The highest BCUT2D eigenvalue weighted by atomic mass is 15.1. The van der Waals surface area contributed by atoms with Crippen LogP contribution in [0.1, 0.15) is 30.5 Å². The maximum atomic E-state index is 2.35. The number of para-hydroxylation sites is 1. The van der Waals surface area contributed by atoms with Crippen molar-refractivity contribution in [2.45, 2.75) is 33.2 Å². The van der Waals surface area contributed by atoms with E-state index in [1.165, 1.54) is 22.4 Å². The molecule has 0 saturated heterocycles. The molecule has 2 aromatic carbocycles. The number of aryl methyl sites for hydroxylation is 2. The van der Waals surface area contributed by atoms with E-state index in [-0.39, 0.29) is 0 Å². The van der Waals surface area contributed by atoms with Gasteiger partial charge in [0.05, 0.1) is 0 Å². The Morgan fingerprint density at radius 2 is 1.26 bits per heavy atom. The molecule has 0 spiro atoms. The molecule has 1 aliphatic rings. The molecule has 100 valence electrons. The third kappa shape index (κ3) is 2.98. The summed E-state index contributed by atoms with van der Waals surface area (Å²) >= 11 is 0. The Kier molecular flexibility index (Phi) is 4.62. The van der Waals surface area contributed by atoms with Gasteiger partial charge in [0.1, 0.15) is 0 Å². The lowest BCUT2D eigenvalue weighted by Crippen LogP contribution is -2.21. The van der Waals surface area contributed by atoms with Crippen LogP contribution in [-0.2, 0) is 19.4 Å². The second kappa shape index (κ2) is 6.42. The Morgan fingerprint density at radius 3 is 2.00 bits per heavy atom. The molecule has 0 N–H and O–H groups in total. The van der Waals surface area contributed by atoms with E-state index in [2.05, 4.69) is 60.5 Å². The van der Waals surface area contributed by atoms with Crippen LogP contribution in [0.2, 0.25) is 0 Å². The third-order valence-electron chi connectivity index (χ3n) is 3.59. The maximum absolute atomic E-state index is 2.35. The summed E-state index contributed by atoms with van der Waals surface area (Å²) in [6.45, 7) is 5.01. The first-order valence-corrected chi connectivity index (χ1v) is 7.20. The van der Waals surface area contributed by atoms with Crippen molar-refractivity contribution in [3.63, 3.8) is 0 Å². The summed E-state index contributed by atoms with van der Waals surface area (Å²) in [4.78, 5) is 2.35. The van der Waals surface area contributed by atoms with Gasteiger partial charge in [-0.25, -0.2) is 0 Å². The molecule has 19 heavy (non-hydrogen) atoms. The lowest BCUT2D eigenvalue weighted by atomic mass is 9.96. The molecule has 1 heterocycles. The van der Waals surface area contributed by atoms with Crippen LogP contribution in [0.5, 0.6) is 0 Å². The minimum Gasteiger partial charge on any atom is -0.370 e. The van der Waals surface area contributed by atoms with Gasteiger partial charge in [0, 0.05) is 19.3 Å². The summed E-state index contributed by atoms with van der Waals surface area (Å²) in [7, 11) is 2.18. The smallest absolute Gasteiger partial charge is 0.0429 e. The van der Waals surface area contributed by atoms with Gasteiger partial charge in [-0.2, -0.15) is 0 Å². The van der Waals surface area contributed by atoms with Crippen molar-refractivity contribution in [1.29, 1.82) is 0 Å². The quantitative estimate of drug-likeness (QED) is 0.670. The lowest BCUT2D eigenvalue weighted by molar-refractivity contribution is 0.837. The summed E-state index contributed by atoms with van der Waals surface area (Å²) < 4.78 is 0. The minimum atomic E-state index is 1.01. The van der Waals surface area contributed by atoms with E-state index in [1.807, 2.05) is 13.8 Å². The largest absolute Gasteiger partial charge is 0.370 e. The Labute approximate surface area is 116 Å².